The summed E-state index contributed by atoms with van der Waals surface area (Å²) in [5.74, 6) is 0. The van der Waals surface area contributed by atoms with E-state index in [9.17, 15) is 0 Å². The summed E-state index contributed by atoms with van der Waals surface area (Å²) >= 11 is 1.76. The van der Waals surface area contributed by atoms with Crippen LogP contribution in [0.4, 0.5) is 0 Å². The van der Waals surface area contributed by atoms with Crippen molar-refractivity contribution in [1.29, 1.82) is 0 Å². The summed E-state index contributed by atoms with van der Waals surface area (Å²) < 4.78 is 0. The van der Waals surface area contributed by atoms with Crippen molar-refractivity contribution < 1.29 is 0 Å². The largest absolute Gasteiger partial charge is 0.353 e. The van der Waals surface area contributed by atoms with E-state index in [1.807, 2.05) is 12.1 Å². The van der Waals surface area contributed by atoms with Crippen LogP contribution in [-0.2, 0) is 6.54 Å². The molecule has 0 unspecified atom stereocenters. The van der Waals surface area contributed by atoms with Gasteiger partial charge in [-0.3, -0.25) is 5.10 Å². The lowest BCUT2D eigenvalue weighted by molar-refractivity contribution is 0.747. The van der Waals surface area contributed by atoms with Crippen LogP contribution in [0.5, 0.6) is 0 Å². The Morgan fingerprint density at radius 2 is 1.85 bits per heavy atom. The van der Waals surface area contributed by atoms with Gasteiger partial charge in [0.15, 0.2) is 0 Å². The van der Waals surface area contributed by atoms with E-state index < -0.39 is 0 Å². The number of nitrogens with zero attached hydrogens (tertiary/aromatic N) is 1. The van der Waals surface area contributed by atoms with Crippen LogP contribution in [0.1, 0.15) is 18.1 Å². The van der Waals surface area contributed by atoms with Gasteiger partial charge >= 0.3 is 0 Å². The molecule has 4 nitrogen and oxygen atoms in total. The van der Waals surface area contributed by atoms with Gasteiger partial charge in [0, 0.05) is 39.8 Å². The monoisotopic (exact) mass is 526 g/mol. The standard InChI is InChI=1S/C34H30N4S/c1-3-23(21-35-22-24-10-6-5-7-11-24)18-25(4-2)26-15-16-31-29(19-26)34(38-37-31)32-20-28-27(33-14-9-17-39-33)12-8-13-30(28)36-32/h3-20,35-36H,1,21-22H2,2H3,(H,37,38)/b23-18+,25-4+. The molecule has 5 heteroatoms. The van der Waals surface area contributed by atoms with Crippen LogP contribution < -0.4 is 5.32 Å². The fraction of sp³-hybridized carbons (Fsp3) is 0.0882. The first kappa shape index (κ1) is 24.9. The molecule has 3 N–H and O–H groups in total. The van der Waals surface area contributed by atoms with Crippen LogP contribution in [0.15, 0.2) is 121 Å². The van der Waals surface area contributed by atoms with E-state index >= 15 is 0 Å². The van der Waals surface area contributed by atoms with Gasteiger partial charge in [-0.05, 0) is 64.9 Å². The quantitative estimate of drug-likeness (QED) is 0.165. The number of hydrogen-bond donors (Lipinski definition) is 3. The van der Waals surface area contributed by atoms with Crippen molar-refractivity contribution >= 4 is 38.7 Å². The summed E-state index contributed by atoms with van der Waals surface area (Å²) in [5.41, 5.74) is 10.00. The zero-order valence-corrected chi connectivity index (χ0v) is 22.7. The summed E-state index contributed by atoms with van der Waals surface area (Å²) in [4.78, 5) is 4.87. The Labute approximate surface area is 232 Å². The molecule has 3 heterocycles. The molecule has 0 bridgehead atoms. The third-order valence-corrected chi connectivity index (χ3v) is 7.92. The number of H-pyrrole nitrogens is 2. The Morgan fingerprint density at radius 1 is 0.949 bits per heavy atom. The third kappa shape index (κ3) is 5.15. The molecule has 0 aliphatic heterocycles. The van der Waals surface area contributed by atoms with Crippen molar-refractivity contribution in [3.8, 4) is 21.8 Å². The van der Waals surface area contributed by atoms with Gasteiger partial charge in [0.2, 0.25) is 0 Å². The number of aromatic amines is 2. The summed E-state index contributed by atoms with van der Waals surface area (Å²) in [7, 11) is 0. The van der Waals surface area contributed by atoms with Crippen molar-refractivity contribution in [3.63, 3.8) is 0 Å². The highest BCUT2D eigenvalue weighted by Gasteiger charge is 2.15. The topological polar surface area (TPSA) is 56.5 Å². The number of rotatable bonds is 9. The van der Waals surface area contributed by atoms with Crippen molar-refractivity contribution in [3.05, 3.63) is 132 Å². The SMILES string of the molecule is C=C/C(=C\C(=C/C)c1ccc2[nH]nc(-c3cc4c(-c5cccs5)cccc4[nH]3)c2c1)CNCc1ccccc1. The number of benzene rings is 3. The maximum Gasteiger partial charge on any atom is 0.116 e. The van der Waals surface area contributed by atoms with Crippen LogP contribution in [0.2, 0.25) is 0 Å². The van der Waals surface area contributed by atoms with Crippen LogP contribution in [-0.4, -0.2) is 21.7 Å². The van der Waals surface area contributed by atoms with Crippen LogP contribution in [0.25, 0.3) is 49.2 Å². The van der Waals surface area contributed by atoms with Crippen LogP contribution >= 0.6 is 11.3 Å². The maximum absolute atomic E-state index is 4.71. The number of fused-ring (bicyclic) bond motifs is 2. The van der Waals surface area contributed by atoms with E-state index in [2.05, 4.69) is 125 Å². The molecule has 3 aromatic carbocycles. The predicted molar refractivity (Wildman–Crippen MR) is 167 cm³/mol. The molecule has 0 radical (unpaired) electrons. The molecular weight excluding hydrogens is 496 g/mol. The number of allylic oxidation sites excluding steroid dienone is 3. The number of aromatic nitrogens is 3. The lowest BCUT2D eigenvalue weighted by atomic mass is 10.00. The lowest BCUT2D eigenvalue weighted by Gasteiger charge is -2.09. The molecule has 0 amide bonds. The van der Waals surface area contributed by atoms with Crippen molar-refractivity contribution in [1.82, 2.24) is 20.5 Å². The normalized spacial score (nSPS) is 12.4. The van der Waals surface area contributed by atoms with Gasteiger partial charge in [-0.25, -0.2) is 0 Å². The predicted octanol–water partition coefficient (Wildman–Crippen LogP) is 8.75. The first-order valence-corrected chi connectivity index (χ1v) is 14.0. The highest BCUT2D eigenvalue weighted by molar-refractivity contribution is 7.13. The lowest BCUT2D eigenvalue weighted by Crippen LogP contribution is -2.15. The Hall–Kier alpha value is -4.45. The van der Waals surface area contributed by atoms with Gasteiger partial charge in [-0.2, -0.15) is 5.10 Å². The minimum absolute atomic E-state index is 0.747. The number of thiophene rings is 1. The van der Waals surface area contributed by atoms with Gasteiger partial charge in [-0.15, -0.1) is 11.3 Å². The summed E-state index contributed by atoms with van der Waals surface area (Å²) in [6.07, 6.45) is 6.29. The second-order valence-electron chi connectivity index (χ2n) is 9.52. The first-order chi connectivity index (χ1) is 19.2. The Kier molecular flexibility index (Phi) is 7.09. The van der Waals surface area contributed by atoms with E-state index in [4.69, 9.17) is 5.10 Å². The summed E-state index contributed by atoms with van der Waals surface area (Å²) in [6, 6.07) is 29.8. The molecule has 0 spiro atoms. The minimum Gasteiger partial charge on any atom is -0.353 e. The van der Waals surface area contributed by atoms with Gasteiger partial charge in [0.25, 0.3) is 0 Å². The molecular formula is C34H30N4S. The van der Waals surface area contributed by atoms with Crippen LogP contribution in [0.3, 0.4) is 0 Å². The molecule has 0 saturated carbocycles. The van der Waals surface area contributed by atoms with Crippen molar-refractivity contribution in [2.75, 3.05) is 6.54 Å². The van der Waals surface area contributed by atoms with Crippen molar-refractivity contribution in [2.24, 2.45) is 0 Å². The molecule has 0 fully saturated rings. The number of nitrogens with one attached hydrogen (secondary N) is 3. The molecule has 0 saturated heterocycles. The average molecular weight is 527 g/mol. The van der Waals surface area contributed by atoms with Gasteiger partial charge in [0.05, 0.1) is 11.2 Å². The van der Waals surface area contributed by atoms with Gasteiger partial charge in [-0.1, -0.05) is 79.4 Å². The molecule has 6 aromatic rings. The van der Waals surface area contributed by atoms with Gasteiger partial charge < -0.3 is 10.3 Å². The summed E-state index contributed by atoms with van der Waals surface area (Å²) in [5, 5.41) is 15.9. The highest BCUT2D eigenvalue weighted by atomic mass is 32.1. The van der Waals surface area contributed by atoms with E-state index in [1.54, 1.807) is 11.3 Å². The zero-order valence-electron chi connectivity index (χ0n) is 21.9. The second-order valence-corrected chi connectivity index (χ2v) is 10.5. The molecule has 0 aliphatic rings. The van der Waals surface area contributed by atoms with E-state index in [-0.39, 0.29) is 0 Å². The molecule has 0 atom stereocenters. The zero-order chi connectivity index (χ0) is 26.6. The minimum atomic E-state index is 0.747. The third-order valence-electron chi connectivity index (χ3n) is 7.02. The number of hydrogen-bond acceptors (Lipinski definition) is 3. The fourth-order valence-corrected chi connectivity index (χ4v) is 5.76. The molecule has 192 valence electrons. The molecule has 39 heavy (non-hydrogen) atoms. The van der Waals surface area contributed by atoms with E-state index in [0.717, 1.165) is 57.6 Å². The van der Waals surface area contributed by atoms with Crippen molar-refractivity contribution in [2.45, 2.75) is 13.5 Å². The summed E-state index contributed by atoms with van der Waals surface area (Å²) in [6.45, 7) is 7.70. The Bertz CT molecular complexity index is 1800. The molecule has 6 rings (SSSR count). The van der Waals surface area contributed by atoms with E-state index in [1.165, 1.54) is 21.4 Å². The molecule has 3 aromatic heterocycles. The maximum atomic E-state index is 4.71. The molecule has 0 aliphatic carbocycles. The van der Waals surface area contributed by atoms with E-state index in [0.29, 0.717) is 0 Å². The Balaban J connectivity index is 1.30. The fourth-order valence-electron chi connectivity index (χ4n) is 4.99. The Morgan fingerprint density at radius 3 is 2.64 bits per heavy atom. The first-order valence-electron chi connectivity index (χ1n) is 13.1. The van der Waals surface area contributed by atoms with Gasteiger partial charge in [0.1, 0.15) is 5.69 Å². The smallest absolute Gasteiger partial charge is 0.116 e. The van der Waals surface area contributed by atoms with Crippen LogP contribution in [0, 0.1) is 0 Å². The second kappa shape index (κ2) is 11.1. The average Bonchev–Trinajstić information content (AvgIpc) is 3.74. The highest BCUT2D eigenvalue weighted by Crippen LogP contribution is 2.36.